The van der Waals surface area contributed by atoms with E-state index in [2.05, 4.69) is 121 Å². The smallest absolute Gasteiger partial charge is 0.0785 e. The number of nitrogens with one attached hydrogen (secondary N) is 1. The molecule has 0 radical (unpaired) electrons. The maximum atomic E-state index is 3.83. The van der Waals surface area contributed by atoms with Gasteiger partial charge in [-0.2, -0.15) is 0 Å². The third-order valence-electron chi connectivity index (χ3n) is 5.65. The lowest BCUT2D eigenvalue weighted by Gasteiger charge is -2.21. The highest BCUT2D eigenvalue weighted by Crippen LogP contribution is 2.49. The highest BCUT2D eigenvalue weighted by molar-refractivity contribution is 7.98. The fraction of sp³-hybridized carbons (Fsp3) is 0.0714. The van der Waals surface area contributed by atoms with E-state index in [1.165, 1.54) is 38.3 Å². The van der Waals surface area contributed by atoms with Crippen molar-refractivity contribution in [2.75, 3.05) is 11.6 Å². The third-order valence-corrected chi connectivity index (χ3v) is 6.39. The van der Waals surface area contributed by atoms with Crippen molar-refractivity contribution in [3.05, 3.63) is 131 Å². The van der Waals surface area contributed by atoms with Crippen LogP contribution in [-0.4, -0.2) is 6.26 Å². The second-order valence-electron chi connectivity index (χ2n) is 7.41. The Kier molecular flexibility index (Phi) is 5.17. The van der Waals surface area contributed by atoms with Gasteiger partial charge in [-0.25, -0.2) is 0 Å². The molecule has 4 aromatic carbocycles. The standard InChI is InChI=1S/C28H23NS/c1-30-23-18-16-22(17-19-23)29-28-25-15-9-8-14-24(25)26(20-10-4-2-5-11-20)27(28)21-12-6-3-7-13-21/h2-19,28-29H,1H3/t28-/m0/s1. The Morgan fingerprint density at radius 3 is 1.90 bits per heavy atom. The Morgan fingerprint density at radius 1 is 0.633 bits per heavy atom. The Morgan fingerprint density at radius 2 is 1.23 bits per heavy atom. The normalized spacial score (nSPS) is 15.2. The highest BCUT2D eigenvalue weighted by atomic mass is 32.2. The number of thioether (sulfide) groups is 1. The van der Waals surface area contributed by atoms with Crippen LogP contribution in [0, 0.1) is 0 Å². The monoisotopic (exact) mass is 405 g/mol. The van der Waals surface area contributed by atoms with Crippen molar-refractivity contribution >= 4 is 28.6 Å². The van der Waals surface area contributed by atoms with Gasteiger partial charge in [0.1, 0.15) is 0 Å². The van der Waals surface area contributed by atoms with Gasteiger partial charge in [-0.15, -0.1) is 11.8 Å². The summed E-state index contributed by atoms with van der Waals surface area (Å²) >= 11 is 1.77. The largest absolute Gasteiger partial charge is 0.374 e. The minimum atomic E-state index is 0.0962. The van der Waals surface area contributed by atoms with Crippen LogP contribution in [0.1, 0.15) is 28.3 Å². The third kappa shape index (κ3) is 3.44. The lowest BCUT2D eigenvalue weighted by molar-refractivity contribution is 1.02. The molecule has 0 fully saturated rings. The van der Waals surface area contributed by atoms with E-state index in [0.717, 1.165) is 5.69 Å². The van der Waals surface area contributed by atoms with Gasteiger partial charge in [0.15, 0.2) is 0 Å². The van der Waals surface area contributed by atoms with Crippen LogP contribution in [0.15, 0.2) is 114 Å². The van der Waals surface area contributed by atoms with Crippen molar-refractivity contribution in [1.29, 1.82) is 0 Å². The van der Waals surface area contributed by atoms with Crippen LogP contribution in [0.2, 0.25) is 0 Å². The molecule has 0 bridgehead atoms. The summed E-state index contributed by atoms with van der Waals surface area (Å²) in [5, 5.41) is 3.83. The van der Waals surface area contributed by atoms with Crippen molar-refractivity contribution in [3.8, 4) is 0 Å². The van der Waals surface area contributed by atoms with Crippen LogP contribution in [0.3, 0.4) is 0 Å². The first-order chi connectivity index (χ1) is 14.8. The van der Waals surface area contributed by atoms with E-state index >= 15 is 0 Å². The van der Waals surface area contributed by atoms with Gasteiger partial charge < -0.3 is 5.32 Å². The molecule has 1 atom stereocenters. The Labute approximate surface area is 182 Å². The lowest BCUT2D eigenvalue weighted by atomic mass is 9.93. The number of fused-ring (bicyclic) bond motifs is 1. The molecule has 0 spiro atoms. The molecular weight excluding hydrogens is 382 g/mol. The summed E-state index contributed by atoms with van der Waals surface area (Å²) in [4.78, 5) is 1.27. The minimum absolute atomic E-state index is 0.0962. The van der Waals surface area contributed by atoms with Gasteiger partial charge in [-0.3, -0.25) is 0 Å². The maximum absolute atomic E-state index is 3.83. The molecular formula is C28H23NS. The van der Waals surface area contributed by atoms with Gasteiger partial charge in [0.25, 0.3) is 0 Å². The molecule has 0 saturated carbocycles. The zero-order valence-electron chi connectivity index (χ0n) is 16.9. The van der Waals surface area contributed by atoms with E-state index in [1.807, 2.05) is 0 Å². The minimum Gasteiger partial charge on any atom is -0.374 e. The van der Waals surface area contributed by atoms with Crippen molar-refractivity contribution in [2.24, 2.45) is 0 Å². The average Bonchev–Trinajstić information content (AvgIpc) is 3.15. The predicted octanol–water partition coefficient (Wildman–Crippen LogP) is 7.53. The van der Waals surface area contributed by atoms with E-state index < -0.39 is 0 Å². The predicted molar refractivity (Wildman–Crippen MR) is 130 cm³/mol. The van der Waals surface area contributed by atoms with Gasteiger partial charge in [0.2, 0.25) is 0 Å². The van der Waals surface area contributed by atoms with E-state index in [9.17, 15) is 0 Å². The molecule has 1 aliphatic carbocycles. The zero-order valence-corrected chi connectivity index (χ0v) is 17.7. The van der Waals surface area contributed by atoms with Crippen LogP contribution >= 0.6 is 11.8 Å². The number of hydrogen-bond acceptors (Lipinski definition) is 2. The molecule has 0 aliphatic heterocycles. The van der Waals surface area contributed by atoms with Crippen LogP contribution in [0.25, 0.3) is 11.1 Å². The fourth-order valence-corrected chi connectivity index (χ4v) is 4.68. The van der Waals surface area contributed by atoms with Gasteiger partial charge in [0.05, 0.1) is 6.04 Å². The molecule has 1 aliphatic rings. The number of benzene rings is 4. The van der Waals surface area contributed by atoms with E-state index in [-0.39, 0.29) is 6.04 Å². The quantitative estimate of drug-likeness (QED) is 0.344. The highest BCUT2D eigenvalue weighted by Gasteiger charge is 2.32. The first-order valence-electron chi connectivity index (χ1n) is 10.2. The topological polar surface area (TPSA) is 12.0 Å². The van der Waals surface area contributed by atoms with Crippen LogP contribution in [0.4, 0.5) is 5.69 Å². The maximum Gasteiger partial charge on any atom is 0.0785 e. The Hall–Kier alpha value is -3.23. The number of hydrogen-bond donors (Lipinski definition) is 1. The molecule has 4 aromatic rings. The van der Waals surface area contributed by atoms with Crippen LogP contribution in [-0.2, 0) is 0 Å². The fourth-order valence-electron chi connectivity index (χ4n) is 4.27. The van der Waals surface area contributed by atoms with Gasteiger partial charge in [0, 0.05) is 10.6 Å². The van der Waals surface area contributed by atoms with Crippen molar-refractivity contribution in [2.45, 2.75) is 10.9 Å². The Balaban J connectivity index is 1.70. The molecule has 30 heavy (non-hydrogen) atoms. The van der Waals surface area contributed by atoms with Crippen LogP contribution in [0.5, 0.6) is 0 Å². The molecule has 1 nitrogen and oxygen atoms in total. The second-order valence-corrected chi connectivity index (χ2v) is 8.29. The molecule has 2 heteroatoms. The molecule has 5 rings (SSSR count). The molecule has 0 saturated heterocycles. The van der Waals surface area contributed by atoms with Gasteiger partial charge in [-0.05, 0) is 63.9 Å². The summed E-state index contributed by atoms with van der Waals surface area (Å²) in [5.74, 6) is 0. The number of anilines is 1. The van der Waals surface area contributed by atoms with Gasteiger partial charge in [-0.1, -0.05) is 84.9 Å². The summed E-state index contributed by atoms with van der Waals surface area (Å²) < 4.78 is 0. The number of rotatable bonds is 5. The van der Waals surface area contributed by atoms with Crippen LogP contribution < -0.4 is 5.32 Å². The first-order valence-corrected chi connectivity index (χ1v) is 11.4. The van der Waals surface area contributed by atoms with Crippen molar-refractivity contribution in [3.63, 3.8) is 0 Å². The van der Waals surface area contributed by atoms with E-state index in [1.54, 1.807) is 11.8 Å². The average molecular weight is 406 g/mol. The molecule has 0 heterocycles. The Bertz CT molecular complexity index is 1180. The molecule has 0 amide bonds. The SMILES string of the molecule is CSc1ccc(N[C@@H]2C(c3ccccc3)=C(c3ccccc3)c3ccccc32)cc1. The van der Waals surface area contributed by atoms with E-state index in [4.69, 9.17) is 0 Å². The summed E-state index contributed by atoms with van der Waals surface area (Å²) in [7, 11) is 0. The van der Waals surface area contributed by atoms with Crippen molar-refractivity contribution in [1.82, 2.24) is 0 Å². The second kappa shape index (κ2) is 8.25. The molecule has 1 N–H and O–H groups in total. The summed E-state index contributed by atoms with van der Waals surface area (Å²) in [6.45, 7) is 0. The molecule has 0 aromatic heterocycles. The summed E-state index contributed by atoms with van der Waals surface area (Å²) in [5.41, 5.74) is 8.92. The van der Waals surface area contributed by atoms with Crippen molar-refractivity contribution < 1.29 is 0 Å². The summed E-state index contributed by atoms with van der Waals surface area (Å²) in [6, 6.07) is 39.1. The van der Waals surface area contributed by atoms with E-state index in [0.29, 0.717) is 0 Å². The first kappa shape index (κ1) is 18.8. The molecule has 0 unspecified atom stereocenters. The molecule has 146 valence electrons. The zero-order chi connectivity index (χ0) is 20.3. The van der Waals surface area contributed by atoms with Gasteiger partial charge >= 0.3 is 0 Å². The lowest BCUT2D eigenvalue weighted by Crippen LogP contribution is -2.10. The summed E-state index contributed by atoms with van der Waals surface area (Å²) in [6.07, 6.45) is 2.11.